The number of carbonyl (C=O) groups is 2. The van der Waals surface area contributed by atoms with E-state index in [0.717, 1.165) is 0 Å². The summed E-state index contributed by atoms with van der Waals surface area (Å²) in [4.78, 5) is 22.6. The number of allylic oxidation sites excluding steroid dienone is 2. The first-order valence-corrected chi connectivity index (χ1v) is 3.71. The average molecular weight is 183 g/mol. The standard InChI is InChI=1S/C9H10O4/c1-5-4-6(10)8(12-2)9(13-3)7(5)11/h4H,1-3H3/i5+1. The van der Waals surface area contributed by atoms with Crippen LogP contribution >= 0.6 is 0 Å². The summed E-state index contributed by atoms with van der Waals surface area (Å²) in [6.45, 7) is 1.56. The van der Waals surface area contributed by atoms with Gasteiger partial charge in [-0.3, -0.25) is 9.59 Å². The second-order valence-corrected chi connectivity index (χ2v) is 2.59. The van der Waals surface area contributed by atoms with Gasteiger partial charge in [-0.2, -0.15) is 0 Å². The molecule has 0 heterocycles. The zero-order chi connectivity index (χ0) is 10.0. The highest BCUT2D eigenvalue weighted by Gasteiger charge is 2.28. The van der Waals surface area contributed by atoms with Crippen molar-refractivity contribution in [2.75, 3.05) is 14.2 Å². The van der Waals surface area contributed by atoms with Gasteiger partial charge in [0.1, 0.15) is 0 Å². The van der Waals surface area contributed by atoms with Gasteiger partial charge in [0.05, 0.1) is 14.2 Å². The Hall–Kier alpha value is -1.58. The van der Waals surface area contributed by atoms with Crippen LogP contribution in [0, 0.1) is 0 Å². The second-order valence-electron chi connectivity index (χ2n) is 2.59. The van der Waals surface area contributed by atoms with E-state index in [1.165, 1.54) is 20.3 Å². The molecule has 0 spiro atoms. The zero-order valence-corrected chi connectivity index (χ0v) is 7.71. The van der Waals surface area contributed by atoms with Crippen LogP contribution in [-0.4, -0.2) is 25.8 Å². The smallest absolute Gasteiger partial charge is 0.227 e. The molecule has 0 aromatic rings. The molecule has 1 aliphatic carbocycles. The van der Waals surface area contributed by atoms with Crippen molar-refractivity contribution in [2.45, 2.75) is 6.92 Å². The molecule has 4 heteroatoms. The highest BCUT2D eigenvalue weighted by atomic mass is 16.5. The van der Waals surface area contributed by atoms with E-state index in [2.05, 4.69) is 0 Å². The lowest BCUT2D eigenvalue weighted by Crippen LogP contribution is -2.20. The SMILES string of the molecule is COC1=C(OC)C(=O)[13C](C)=CC1=O. The van der Waals surface area contributed by atoms with Crippen LogP contribution in [0.3, 0.4) is 0 Å². The van der Waals surface area contributed by atoms with Crippen molar-refractivity contribution in [3.63, 3.8) is 0 Å². The number of carbonyl (C=O) groups excluding carboxylic acids is 2. The Bertz CT molecular complexity index is 323. The molecule has 0 aromatic carbocycles. The molecule has 0 aliphatic heterocycles. The minimum atomic E-state index is -0.337. The van der Waals surface area contributed by atoms with Crippen molar-refractivity contribution in [3.8, 4) is 0 Å². The van der Waals surface area contributed by atoms with Crippen molar-refractivity contribution in [1.82, 2.24) is 0 Å². The molecule has 0 bridgehead atoms. The highest BCUT2D eigenvalue weighted by molar-refractivity contribution is 6.20. The minimum Gasteiger partial charge on any atom is -0.490 e. The maximum atomic E-state index is 11.4. The molecule has 0 atom stereocenters. The van der Waals surface area contributed by atoms with Crippen LogP contribution in [0.2, 0.25) is 0 Å². The summed E-state index contributed by atoms with van der Waals surface area (Å²) in [5.41, 5.74) is 0.364. The molecular weight excluding hydrogens is 173 g/mol. The summed E-state index contributed by atoms with van der Waals surface area (Å²) in [6, 6.07) is 0. The third-order valence-corrected chi connectivity index (χ3v) is 1.75. The molecule has 1 rings (SSSR count). The fourth-order valence-corrected chi connectivity index (χ4v) is 1.10. The maximum absolute atomic E-state index is 11.4. The van der Waals surface area contributed by atoms with Crippen LogP contribution in [0.1, 0.15) is 6.92 Å². The van der Waals surface area contributed by atoms with Gasteiger partial charge in [-0.15, -0.1) is 0 Å². The third-order valence-electron chi connectivity index (χ3n) is 1.75. The number of hydrogen-bond donors (Lipinski definition) is 0. The van der Waals surface area contributed by atoms with Gasteiger partial charge in [-0.05, 0) is 13.0 Å². The van der Waals surface area contributed by atoms with Crippen molar-refractivity contribution in [3.05, 3.63) is 23.2 Å². The zero-order valence-electron chi connectivity index (χ0n) is 7.71. The van der Waals surface area contributed by atoms with E-state index in [0.29, 0.717) is 5.57 Å². The largest absolute Gasteiger partial charge is 0.490 e. The Morgan fingerprint density at radius 2 is 1.62 bits per heavy atom. The lowest BCUT2D eigenvalue weighted by atomic mass is 10.2. The average Bonchev–Trinajstić information content (AvgIpc) is 2.10. The molecule has 13 heavy (non-hydrogen) atoms. The van der Waals surface area contributed by atoms with Crippen LogP contribution in [0.15, 0.2) is 23.2 Å². The Balaban J connectivity index is 3.19. The molecule has 0 amide bonds. The van der Waals surface area contributed by atoms with Gasteiger partial charge in [0.15, 0.2) is 0 Å². The molecule has 0 saturated carbocycles. The fraction of sp³-hybridized carbons (Fsp3) is 0.333. The third kappa shape index (κ3) is 1.47. The van der Waals surface area contributed by atoms with Crippen LogP contribution in [0.5, 0.6) is 0 Å². The number of Topliss-reactive ketones (excluding diaryl/α,β-unsaturated/α-hetero) is 1. The summed E-state index contributed by atoms with van der Waals surface area (Å²) in [6.07, 6.45) is 1.24. The van der Waals surface area contributed by atoms with E-state index in [-0.39, 0.29) is 23.1 Å². The molecule has 1 aliphatic rings. The molecule has 4 nitrogen and oxygen atoms in total. The number of ether oxygens (including phenoxy) is 2. The first kappa shape index (κ1) is 9.51. The van der Waals surface area contributed by atoms with E-state index < -0.39 is 0 Å². The number of hydrogen-bond acceptors (Lipinski definition) is 4. The molecule has 0 aromatic heterocycles. The lowest BCUT2D eigenvalue weighted by molar-refractivity contribution is -0.120. The summed E-state index contributed by atoms with van der Waals surface area (Å²) >= 11 is 0. The normalized spacial score (nSPS) is 17.3. The van der Waals surface area contributed by atoms with Gasteiger partial charge >= 0.3 is 0 Å². The minimum absolute atomic E-state index is 0.0208. The molecule has 0 radical (unpaired) electrons. The highest BCUT2D eigenvalue weighted by Crippen LogP contribution is 2.19. The number of ketones is 2. The van der Waals surface area contributed by atoms with E-state index >= 15 is 0 Å². The number of rotatable bonds is 2. The molecule has 0 N–H and O–H groups in total. The van der Waals surface area contributed by atoms with Gasteiger partial charge in [-0.1, -0.05) is 0 Å². The van der Waals surface area contributed by atoms with E-state index in [1.54, 1.807) is 6.92 Å². The van der Waals surface area contributed by atoms with Gasteiger partial charge in [0, 0.05) is 5.57 Å². The van der Waals surface area contributed by atoms with Gasteiger partial charge in [0.25, 0.3) is 0 Å². The van der Waals surface area contributed by atoms with Gasteiger partial charge in [-0.25, -0.2) is 0 Å². The van der Waals surface area contributed by atoms with E-state index in [4.69, 9.17) is 9.47 Å². The predicted octanol–water partition coefficient (Wildman–Crippen LogP) is 0.589. The summed E-state index contributed by atoms with van der Waals surface area (Å²) in [5.74, 6) is -0.694. The van der Waals surface area contributed by atoms with Crippen molar-refractivity contribution < 1.29 is 19.1 Å². The van der Waals surface area contributed by atoms with E-state index in [1.807, 2.05) is 0 Å². The van der Waals surface area contributed by atoms with Crippen molar-refractivity contribution in [1.29, 1.82) is 0 Å². The Morgan fingerprint density at radius 1 is 1.08 bits per heavy atom. The van der Waals surface area contributed by atoms with E-state index in [9.17, 15) is 9.59 Å². The lowest BCUT2D eigenvalue weighted by Gasteiger charge is -2.14. The van der Waals surface area contributed by atoms with Crippen molar-refractivity contribution >= 4 is 11.6 Å². The number of methoxy groups -OCH3 is 2. The molecule has 0 unspecified atom stereocenters. The van der Waals surface area contributed by atoms with Crippen LogP contribution < -0.4 is 0 Å². The van der Waals surface area contributed by atoms with Crippen molar-refractivity contribution in [2.24, 2.45) is 0 Å². The quantitative estimate of drug-likeness (QED) is 0.464. The Labute approximate surface area is 75.8 Å². The first-order valence-electron chi connectivity index (χ1n) is 3.71. The van der Waals surface area contributed by atoms with Crippen LogP contribution in [0.25, 0.3) is 0 Å². The molecular formula is C9H10O4. The fourth-order valence-electron chi connectivity index (χ4n) is 1.10. The molecule has 70 valence electrons. The monoisotopic (exact) mass is 183 g/mol. The Kier molecular flexibility index (Phi) is 2.51. The molecule has 0 saturated heterocycles. The summed E-state index contributed by atoms with van der Waals surface area (Å²) < 4.78 is 9.56. The van der Waals surface area contributed by atoms with Gasteiger partial charge < -0.3 is 9.47 Å². The maximum Gasteiger partial charge on any atom is 0.227 e. The second kappa shape index (κ2) is 3.43. The summed E-state index contributed by atoms with van der Waals surface area (Å²) in [5, 5.41) is 0. The topological polar surface area (TPSA) is 52.6 Å². The summed E-state index contributed by atoms with van der Waals surface area (Å²) in [7, 11) is 2.66. The van der Waals surface area contributed by atoms with Crippen LogP contribution in [-0.2, 0) is 19.1 Å². The molecule has 0 fully saturated rings. The van der Waals surface area contributed by atoms with Gasteiger partial charge in [0.2, 0.25) is 23.1 Å². The van der Waals surface area contributed by atoms with Crippen LogP contribution in [0.4, 0.5) is 0 Å². The first-order chi connectivity index (χ1) is 6.11. The Morgan fingerprint density at radius 3 is 2.08 bits per heavy atom. The predicted molar refractivity (Wildman–Crippen MR) is 44.8 cm³/mol.